The zero-order valence-corrected chi connectivity index (χ0v) is 26.2. The van der Waals surface area contributed by atoms with Crippen molar-refractivity contribution in [3.8, 4) is 28.3 Å². The zero-order valence-electron chi connectivity index (χ0n) is 24.7. The molecular formula is C32H29Cl2N5O6. The molecule has 45 heavy (non-hydrogen) atoms. The Hall–Kier alpha value is -4.74. The van der Waals surface area contributed by atoms with Gasteiger partial charge in [0.2, 0.25) is 5.88 Å². The molecule has 3 heterocycles. The fourth-order valence-corrected chi connectivity index (χ4v) is 5.58. The van der Waals surface area contributed by atoms with Gasteiger partial charge in [-0.1, -0.05) is 60.5 Å². The monoisotopic (exact) mass is 649 g/mol. The Morgan fingerprint density at radius 3 is 2.47 bits per heavy atom. The van der Waals surface area contributed by atoms with E-state index in [1.54, 1.807) is 48.5 Å². The van der Waals surface area contributed by atoms with Gasteiger partial charge in [0, 0.05) is 41.9 Å². The molecule has 5 rings (SSSR count). The number of ether oxygens (including phenoxy) is 2. The van der Waals surface area contributed by atoms with Gasteiger partial charge in [-0.2, -0.15) is 5.10 Å². The fourth-order valence-electron chi connectivity index (χ4n) is 4.98. The van der Waals surface area contributed by atoms with E-state index in [-0.39, 0.29) is 35.3 Å². The molecule has 1 N–H and O–H groups in total. The Morgan fingerprint density at radius 1 is 1.02 bits per heavy atom. The van der Waals surface area contributed by atoms with Crippen LogP contribution in [0.4, 0.5) is 10.5 Å². The number of carbonyl (C=O) groups excluding carboxylic acids is 3. The number of carbonyl (C=O) groups is 3. The van der Waals surface area contributed by atoms with Gasteiger partial charge in [-0.3, -0.25) is 19.3 Å². The van der Waals surface area contributed by atoms with Crippen molar-refractivity contribution in [3.63, 3.8) is 0 Å². The van der Waals surface area contributed by atoms with Crippen LogP contribution in [-0.2, 0) is 23.1 Å². The summed E-state index contributed by atoms with van der Waals surface area (Å²) in [6.07, 6.45) is 1.05. The van der Waals surface area contributed by atoms with E-state index in [4.69, 9.17) is 32.7 Å². The molecular weight excluding hydrogens is 621 g/mol. The van der Waals surface area contributed by atoms with Gasteiger partial charge < -0.3 is 14.8 Å². The quantitative estimate of drug-likeness (QED) is 0.229. The molecule has 0 bridgehead atoms. The van der Waals surface area contributed by atoms with Gasteiger partial charge in [-0.05, 0) is 30.7 Å². The number of cyclic esters (lactones) is 1. The molecule has 1 aliphatic rings. The first-order chi connectivity index (χ1) is 21.6. The highest BCUT2D eigenvalue weighted by molar-refractivity contribution is 6.39. The summed E-state index contributed by atoms with van der Waals surface area (Å²) in [5.41, 5.74) is 2.54. The van der Waals surface area contributed by atoms with Gasteiger partial charge in [0.05, 0.1) is 41.6 Å². The molecule has 1 saturated heterocycles. The lowest BCUT2D eigenvalue weighted by atomic mass is 10.00. The van der Waals surface area contributed by atoms with Gasteiger partial charge in [-0.25, -0.2) is 14.5 Å². The number of hydrogen-bond donors (Lipinski definition) is 1. The van der Waals surface area contributed by atoms with Crippen LogP contribution in [0, 0.1) is 0 Å². The molecule has 4 aromatic rings. The number of halogens is 2. The summed E-state index contributed by atoms with van der Waals surface area (Å²) in [5, 5.41) is 7.12. The molecule has 0 aliphatic carbocycles. The van der Waals surface area contributed by atoms with Crippen LogP contribution in [0.25, 0.3) is 22.4 Å². The summed E-state index contributed by atoms with van der Waals surface area (Å²) in [6, 6.07) is 15.4. The zero-order chi connectivity index (χ0) is 32.2. The number of Topliss-reactive ketones (excluding diaryl/α,β-unsaturated/α-hetero) is 1. The molecule has 2 aromatic heterocycles. The number of nitrogens with one attached hydrogen (secondary N) is 1. The van der Waals surface area contributed by atoms with Gasteiger partial charge >= 0.3 is 6.09 Å². The molecule has 0 spiro atoms. The second-order valence-electron chi connectivity index (χ2n) is 10.3. The molecule has 2 aromatic carbocycles. The van der Waals surface area contributed by atoms with Crippen LogP contribution >= 0.6 is 23.2 Å². The van der Waals surface area contributed by atoms with E-state index in [1.807, 2.05) is 6.92 Å². The smallest absolute Gasteiger partial charge is 0.410 e. The van der Waals surface area contributed by atoms with Gasteiger partial charge in [0.15, 0.2) is 11.9 Å². The summed E-state index contributed by atoms with van der Waals surface area (Å²) in [7, 11) is 2.93. The topological polar surface area (TPSA) is 133 Å². The molecule has 0 radical (unpaired) electrons. The molecule has 1 unspecified atom stereocenters. The molecule has 2 amide bonds. The van der Waals surface area contributed by atoms with E-state index in [0.29, 0.717) is 51.5 Å². The largest absolute Gasteiger partial charge is 0.481 e. The number of pyridine rings is 1. The molecule has 1 aliphatic heterocycles. The van der Waals surface area contributed by atoms with Crippen LogP contribution in [0.15, 0.2) is 65.6 Å². The molecule has 13 heteroatoms. The number of rotatable bonds is 10. The highest BCUT2D eigenvalue weighted by atomic mass is 35.5. The maximum Gasteiger partial charge on any atom is 0.410 e. The minimum absolute atomic E-state index is 0.0797. The summed E-state index contributed by atoms with van der Waals surface area (Å²) >= 11 is 13.7. The number of aromatic nitrogens is 3. The summed E-state index contributed by atoms with van der Waals surface area (Å²) in [5.74, 6) is -0.440. The third-order valence-electron chi connectivity index (χ3n) is 7.30. The maximum absolute atomic E-state index is 12.9. The number of methoxy groups -OCH3 is 1. The Kier molecular flexibility index (Phi) is 9.50. The second kappa shape index (κ2) is 13.5. The van der Waals surface area contributed by atoms with Crippen LogP contribution in [0.3, 0.4) is 0 Å². The number of anilines is 1. The van der Waals surface area contributed by atoms with Crippen molar-refractivity contribution < 1.29 is 23.9 Å². The van der Waals surface area contributed by atoms with Crippen molar-refractivity contribution in [2.24, 2.45) is 7.05 Å². The van der Waals surface area contributed by atoms with Crippen LogP contribution in [-0.4, -0.2) is 57.2 Å². The average molecular weight is 651 g/mol. The van der Waals surface area contributed by atoms with E-state index < -0.39 is 23.7 Å². The number of hydrogen-bond acceptors (Lipinski definition) is 8. The summed E-state index contributed by atoms with van der Waals surface area (Å²) in [4.78, 5) is 56.0. The van der Waals surface area contributed by atoms with Gasteiger partial charge in [-0.15, -0.1) is 0 Å². The first-order valence-electron chi connectivity index (χ1n) is 14.1. The molecule has 1 fully saturated rings. The lowest BCUT2D eigenvalue weighted by molar-refractivity contribution is -0.125. The minimum atomic E-state index is -0.779. The van der Waals surface area contributed by atoms with Crippen LogP contribution < -0.4 is 15.6 Å². The minimum Gasteiger partial charge on any atom is -0.481 e. The van der Waals surface area contributed by atoms with E-state index in [1.165, 1.54) is 31.3 Å². The fraction of sp³-hybridized carbons (Fsp3) is 0.250. The van der Waals surface area contributed by atoms with Crippen molar-refractivity contribution in [1.82, 2.24) is 19.7 Å². The van der Waals surface area contributed by atoms with E-state index in [9.17, 15) is 19.2 Å². The van der Waals surface area contributed by atoms with Gasteiger partial charge in [0.25, 0.3) is 11.5 Å². The predicted molar refractivity (Wildman–Crippen MR) is 170 cm³/mol. The Balaban J connectivity index is 1.41. The summed E-state index contributed by atoms with van der Waals surface area (Å²) < 4.78 is 11.9. The lowest BCUT2D eigenvalue weighted by Gasteiger charge is -2.17. The first-order valence-corrected chi connectivity index (χ1v) is 14.8. The van der Waals surface area contributed by atoms with Crippen molar-refractivity contribution in [2.45, 2.75) is 32.4 Å². The second-order valence-corrected chi connectivity index (χ2v) is 11.1. The molecule has 0 saturated carbocycles. The highest BCUT2D eigenvalue weighted by Gasteiger charge is 2.35. The van der Waals surface area contributed by atoms with Crippen molar-refractivity contribution >= 4 is 46.7 Å². The van der Waals surface area contributed by atoms with Crippen molar-refractivity contribution in [1.29, 1.82) is 0 Å². The molecule has 1 atom stereocenters. The van der Waals surface area contributed by atoms with Crippen molar-refractivity contribution in [3.05, 3.63) is 92.3 Å². The van der Waals surface area contributed by atoms with Crippen LogP contribution in [0.2, 0.25) is 10.0 Å². The van der Waals surface area contributed by atoms with E-state index in [2.05, 4.69) is 15.4 Å². The van der Waals surface area contributed by atoms with Gasteiger partial charge in [0.1, 0.15) is 5.56 Å². The normalized spacial score (nSPS) is 14.3. The molecule has 11 nitrogen and oxygen atoms in total. The Bertz CT molecular complexity index is 1860. The van der Waals surface area contributed by atoms with Crippen LogP contribution in [0.5, 0.6) is 5.88 Å². The number of benzene rings is 2. The predicted octanol–water partition coefficient (Wildman–Crippen LogP) is 5.77. The maximum atomic E-state index is 12.9. The van der Waals surface area contributed by atoms with E-state index in [0.717, 1.165) is 4.68 Å². The number of amides is 2. The van der Waals surface area contributed by atoms with Crippen LogP contribution in [0.1, 0.15) is 35.7 Å². The average Bonchev–Trinajstić information content (AvgIpc) is 3.40. The lowest BCUT2D eigenvalue weighted by Crippen LogP contribution is -2.28. The number of ketones is 1. The van der Waals surface area contributed by atoms with Crippen molar-refractivity contribution in [2.75, 3.05) is 19.0 Å². The molecule has 232 valence electrons. The number of nitrogens with zero attached hydrogens (tertiary/aromatic N) is 4. The highest BCUT2D eigenvalue weighted by Crippen LogP contribution is 2.41. The Labute approximate surface area is 268 Å². The Morgan fingerprint density at radius 2 is 1.73 bits per heavy atom. The third kappa shape index (κ3) is 6.54. The number of aryl methyl sites for hydroxylation is 1. The summed E-state index contributed by atoms with van der Waals surface area (Å²) in [6.45, 7) is 2.21. The SMILES string of the molecule is CCCC(=O)C1CN(Cc2ccc(-c3cccc(-c4cccc(NC(=O)c5ccnn(C)c5=O)c4Cl)c3Cl)nc2OC)C(=O)O1. The first kappa shape index (κ1) is 31.7. The van der Waals surface area contributed by atoms with E-state index >= 15 is 0 Å². The third-order valence-corrected chi connectivity index (χ3v) is 8.11. The standard InChI is InChI=1S/C32H29Cl2N5O6/c1-4-7-25(40)26-17-39(32(43)45-26)16-18-12-13-23(37-30(18)44-3)21-10-5-8-19(27(21)33)20-9-6-11-24(28(20)34)36-29(41)22-14-15-35-38(2)31(22)42/h5-6,8-15,26H,4,7,16-17H2,1-3H3,(H,36,41).